The molecule has 0 amide bonds. The summed E-state index contributed by atoms with van der Waals surface area (Å²) in [4.78, 5) is 0. The molecule has 0 saturated heterocycles. The van der Waals surface area contributed by atoms with Gasteiger partial charge in [-0.3, -0.25) is 0 Å². The normalized spacial score (nSPS) is 10.4. The van der Waals surface area contributed by atoms with Gasteiger partial charge in [-0.05, 0) is 0 Å². The molecular weight excluding hydrogens is 116 g/mol. The molecule has 0 spiro atoms. The van der Waals surface area contributed by atoms with Crippen molar-refractivity contribution in [2.45, 2.75) is 6.43 Å². The van der Waals surface area contributed by atoms with Gasteiger partial charge < -0.3 is 4.52 Å². The number of alkyl halides is 2. The van der Waals surface area contributed by atoms with Gasteiger partial charge in [0.2, 0.25) is 5.76 Å². The van der Waals surface area contributed by atoms with Gasteiger partial charge >= 0.3 is 0 Å². The van der Waals surface area contributed by atoms with Crippen LogP contribution in [0.1, 0.15) is 12.2 Å². The number of nitrogens with zero attached hydrogens (tertiary/aromatic N) is 1. The standard InChI is InChI=1S/C4H3F2NO/c5-4(6)3-1-2-7-8-3/h1-2,4H. The van der Waals surface area contributed by atoms with E-state index in [-0.39, 0.29) is 5.76 Å². The predicted molar refractivity (Wildman–Crippen MR) is 21.5 cm³/mol. The maximum atomic E-state index is 11.5. The van der Waals surface area contributed by atoms with Crippen molar-refractivity contribution in [3.8, 4) is 0 Å². The maximum absolute atomic E-state index is 11.5. The molecule has 2 nitrogen and oxygen atoms in total. The van der Waals surface area contributed by atoms with Crippen LogP contribution in [-0.4, -0.2) is 5.16 Å². The van der Waals surface area contributed by atoms with Gasteiger partial charge in [-0.25, -0.2) is 8.78 Å². The van der Waals surface area contributed by atoms with Crippen LogP contribution in [0.25, 0.3) is 0 Å². The van der Waals surface area contributed by atoms with Crippen LogP contribution in [0.2, 0.25) is 0 Å². The molecule has 0 aliphatic carbocycles. The lowest BCUT2D eigenvalue weighted by Crippen LogP contribution is -1.75. The fourth-order valence-corrected chi connectivity index (χ4v) is 0.338. The van der Waals surface area contributed by atoms with E-state index in [1.807, 2.05) is 0 Å². The molecule has 44 valence electrons. The Hall–Kier alpha value is -0.930. The first-order valence-corrected chi connectivity index (χ1v) is 1.99. The SMILES string of the molecule is FC(F)c1ccno1. The zero-order chi connectivity index (χ0) is 5.98. The van der Waals surface area contributed by atoms with Crippen molar-refractivity contribution in [3.63, 3.8) is 0 Å². The summed E-state index contributed by atoms with van der Waals surface area (Å²) >= 11 is 0. The zero-order valence-corrected chi connectivity index (χ0v) is 3.84. The van der Waals surface area contributed by atoms with E-state index in [1.54, 1.807) is 0 Å². The monoisotopic (exact) mass is 119 g/mol. The van der Waals surface area contributed by atoms with Crippen LogP contribution in [-0.2, 0) is 0 Å². The minimum absolute atomic E-state index is 0.384. The van der Waals surface area contributed by atoms with Crippen LogP contribution in [0.4, 0.5) is 8.78 Å². The number of aromatic nitrogens is 1. The Labute approximate surface area is 44.1 Å². The Morgan fingerprint density at radius 3 is 2.62 bits per heavy atom. The van der Waals surface area contributed by atoms with Crippen LogP contribution in [0, 0.1) is 0 Å². The molecule has 8 heavy (non-hydrogen) atoms. The molecule has 0 N–H and O–H groups in total. The third-order valence-electron chi connectivity index (χ3n) is 0.673. The van der Waals surface area contributed by atoms with Crippen molar-refractivity contribution >= 4 is 0 Å². The Balaban J connectivity index is 2.77. The molecular formula is C4H3F2NO. The Morgan fingerprint density at radius 2 is 2.38 bits per heavy atom. The molecule has 1 heterocycles. The van der Waals surface area contributed by atoms with E-state index in [4.69, 9.17) is 0 Å². The third-order valence-corrected chi connectivity index (χ3v) is 0.673. The molecule has 0 fully saturated rings. The highest BCUT2D eigenvalue weighted by Crippen LogP contribution is 2.16. The fraction of sp³-hybridized carbons (Fsp3) is 0.250. The highest BCUT2D eigenvalue weighted by atomic mass is 19.3. The number of hydrogen-bond donors (Lipinski definition) is 0. The van der Waals surface area contributed by atoms with Crippen molar-refractivity contribution in [1.29, 1.82) is 0 Å². The van der Waals surface area contributed by atoms with Crippen molar-refractivity contribution < 1.29 is 13.3 Å². The third kappa shape index (κ3) is 0.828. The summed E-state index contributed by atoms with van der Waals surface area (Å²) in [6, 6.07) is 1.13. The van der Waals surface area contributed by atoms with Crippen LogP contribution < -0.4 is 0 Å². The molecule has 0 bridgehead atoms. The molecule has 0 aliphatic heterocycles. The summed E-state index contributed by atoms with van der Waals surface area (Å²) in [5.41, 5.74) is 0. The van der Waals surface area contributed by atoms with Gasteiger partial charge in [0, 0.05) is 6.07 Å². The van der Waals surface area contributed by atoms with E-state index >= 15 is 0 Å². The first kappa shape index (κ1) is 5.21. The van der Waals surface area contributed by atoms with E-state index in [1.165, 1.54) is 6.20 Å². The second-order valence-corrected chi connectivity index (χ2v) is 1.22. The summed E-state index contributed by atoms with van der Waals surface area (Å²) in [6.07, 6.45) is -1.36. The quantitative estimate of drug-likeness (QED) is 0.561. The summed E-state index contributed by atoms with van der Waals surface area (Å²) in [5.74, 6) is -0.384. The summed E-state index contributed by atoms with van der Waals surface area (Å²) in [7, 11) is 0. The van der Waals surface area contributed by atoms with Crippen molar-refractivity contribution in [3.05, 3.63) is 18.0 Å². The first-order chi connectivity index (χ1) is 3.80. The van der Waals surface area contributed by atoms with Gasteiger partial charge in [0.15, 0.2) is 0 Å². The largest absolute Gasteiger partial charge is 0.355 e. The summed E-state index contributed by atoms with van der Waals surface area (Å²) in [5, 5.41) is 3.09. The topological polar surface area (TPSA) is 26.0 Å². The number of hydrogen-bond acceptors (Lipinski definition) is 2. The van der Waals surface area contributed by atoms with Crippen LogP contribution in [0.3, 0.4) is 0 Å². The highest BCUT2D eigenvalue weighted by Gasteiger charge is 2.09. The average molecular weight is 119 g/mol. The van der Waals surface area contributed by atoms with Crippen LogP contribution in [0.5, 0.6) is 0 Å². The van der Waals surface area contributed by atoms with Crippen molar-refractivity contribution in [2.75, 3.05) is 0 Å². The Bertz CT molecular complexity index is 149. The molecule has 0 atom stereocenters. The molecule has 1 aromatic rings. The minimum Gasteiger partial charge on any atom is -0.355 e. The lowest BCUT2D eigenvalue weighted by molar-refractivity contribution is 0.112. The minimum atomic E-state index is -2.54. The van der Waals surface area contributed by atoms with Gasteiger partial charge in [0.25, 0.3) is 6.43 Å². The van der Waals surface area contributed by atoms with Crippen LogP contribution in [0.15, 0.2) is 16.8 Å². The first-order valence-electron chi connectivity index (χ1n) is 1.99. The number of halogens is 2. The van der Waals surface area contributed by atoms with Gasteiger partial charge in [-0.1, -0.05) is 5.16 Å². The molecule has 0 radical (unpaired) electrons. The van der Waals surface area contributed by atoms with Gasteiger partial charge in [-0.2, -0.15) is 0 Å². The van der Waals surface area contributed by atoms with E-state index in [9.17, 15) is 8.78 Å². The lowest BCUT2D eigenvalue weighted by atomic mass is 10.5. The van der Waals surface area contributed by atoms with E-state index in [0.29, 0.717) is 0 Å². The van der Waals surface area contributed by atoms with Gasteiger partial charge in [0.05, 0.1) is 6.20 Å². The smallest absolute Gasteiger partial charge is 0.298 e. The molecule has 1 rings (SSSR count). The van der Waals surface area contributed by atoms with E-state index < -0.39 is 6.43 Å². The summed E-state index contributed by atoms with van der Waals surface area (Å²) in [6.45, 7) is 0. The van der Waals surface area contributed by atoms with Crippen molar-refractivity contribution in [1.82, 2.24) is 5.16 Å². The van der Waals surface area contributed by atoms with E-state index in [2.05, 4.69) is 9.68 Å². The molecule has 0 unspecified atom stereocenters. The maximum Gasteiger partial charge on any atom is 0.298 e. The van der Waals surface area contributed by atoms with Gasteiger partial charge in [0.1, 0.15) is 0 Å². The Morgan fingerprint density at radius 1 is 1.62 bits per heavy atom. The predicted octanol–water partition coefficient (Wildman–Crippen LogP) is 1.61. The van der Waals surface area contributed by atoms with E-state index in [0.717, 1.165) is 6.07 Å². The molecule has 1 aromatic heterocycles. The average Bonchev–Trinajstić information content (AvgIpc) is 2.12. The number of rotatable bonds is 1. The molecule has 0 aliphatic rings. The second kappa shape index (κ2) is 1.90. The van der Waals surface area contributed by atoms with Crippen LogP contribution >= 0.6 is 0 Å². The molecule has 0 aromatic carbocycles. The highest BCUT2D eigenvalue weighted by molar-refractivity contribution is 4.93. The lowest BCUT2D eigenvalue weighted by Gasteiger charge is -1.84. The summed E-state index contributed by atoms with van der Waals surface area (Å²) < 4.78 is 27.0. The second-order valence-electron chi connectivity index (χ2n) is 1.22. The molecule has 4 heteroatoms. The van der Waals surface area contributed by atoms with Crippen molar-refractivity contribution in [2.24, 2.45) is 0 Å². The fourth-order valence-electron chi connectivity index (χ4n) is 0.338. The zero-order valence-electron chi connectivity index (χ0n) is 3.84. The van der Waals surface area contributed by atoms with Gasteiger partial charge in [-0.15, -0.1) is 0 Å². The Kier molecular flexibility index (Phi) is 1.24. The molecule has 0 saturated carbocycles.